The number of nitrogens with one attached hydrogen (secondary N) is 1. The Bertz CT molecular complexity index is 314. The average molecular weight is 181 g/mol. The third-order valence-corrected chi connectivity index (χ3v) is 1.92. The van der Waals surface area contributed by atoms with Crippen molar-refractivity contribution in [1.82, 2.24) is 0 Å². The summed E-state index contributed by atoms with van der Waals surface area (Å²) < 4.78 is 10.2. The first-order valence-corrected chi connectivity index (χ1v) is 4.06. The van der Waals surface area contributed by atoms with Gasteiger partial charge < -0.3 is 19.9 Å². The average Bonchev–Trinajstić information content (AvgIpc) is 2.16. The number of benzene rings is 1. The molecule has 1 aromatic carbocycles. The number of anilines is 1. The van der Waals surface area contributed by atoms with E-state index in [0.29, 0.717) is 12.3 Å². The quantitative estimate of drug-likeness (QED) is 0.673. The number of hydrogen-bond donors (Lipinski definition) is 2. The minimum absolute atomic E-state index is 0.416. The lowest BCUT2D eigenvalue weighted by atomic mass is 10.2. The molecule has 1 aliphatic heterocycles. The fraction of sp³-hybridized carbons (Fsp3) is 0.333. The van der Waals surface area contributed by atoms with Crippen LogP contribution in [-0.2, 0) is 0 Å². The van der Waals surface area contributed by atoms with Crippen LogP contribution < -0.4 is 14.8 Å². The van der Waals surface area contributed by atoms with Crippen LogP contribution in [0.1, 0.15) is 0 Å². The number of fused-ring (bicyclic) bond motifs is 1. The van der Waals surface area contributed by atoms with Gasteiger partial charge in [0.15, 0.2) is 0 Å². The van der Waals surface area contributed by atoms with Gasteiger partial charge in [0, 0.05) is 6.07 Å². The maximum atomic E-state index is 9.19. The van der Waals surface area contributed by atoms with Gasteiger partial charge in [0.1, 0.15) is 11.5 Å². The van der Waals surface area contributed by atoms with Crippen molar-refractivity contribution in [2.45, 2.75) is 6.29 Å². The van der Waals surface area contributed by atoms with Crippen molar-refractivity contribution in [3.8, 4) is 11.5 Å². The minimum atomic E-state index is -0.778. The van der Waals surface area contributed by atoms with Crippen molar-refractivity contribution >= 4 is 5.69 Å². The zero-order valence-electron chi connectivity index (χ0n) is 7.28. The van der Waals surface area contributed by atoms with Crippen molar-refractivity contribution in [2.24, 2.45) is 0 Å². The molecule has 0 bridgehead atoms. The van der Waals surface area contributed by atoms with Crippen molar-refractivity contribution in [2.75, 3.05) is 19.0 Å². The first-order valence-electron chi connectivity index (χ1n) is 4.06. The summed E-state index contributed by atoms with van der Waals surface area (Å²) in [5.74, 6) is 1.34. The van der Waals surface area contributed by atoms with Gasteiger partial charge in [0.2, 0.25) is 6.29 Å². The second kappa shape index (κ2) is 3.14. The summed E-state index contributed by atoms with van der Waals surface area (Å²) >= 11 is 0. The molecule has 70 valence electrons. The van der Waals surface area contributed by atoms with E-state index in [0.717, 1.165) is 11.4 Å². The van der Waals surface area contributed by atoms with E-state index >= 15 is 0 Å². The second-order valence-corrected chi connectivity index (χ2v) is 2.82. The Morgan fingerprint density at radius 1 is 1.62 bits per heavy atom. The number of β-amino-alcohol motifs (C(OH)–C–C–N with tert-alkyl or cyclic N) is 1. The number of methoxy groups -OCH3 is 1. The Morgan fingerprint density at radius 2 is 2.46 bits per heavy atom. The monoisotopic (exact) mass is 181 g/mol. The summed E-state index contributed by atoms with van der Waals surface area (Å²) in [6.07, 6.45) is -0.778. The molecule has 4 nitrogen and oxygen atoms in total. The normalized spacial score (nSPS) is 19.7. The van der Waals surface area contributed by atoms with Crippen LogP contribution >= 0.6 is 0 Å². The Balaban J connectivity index is 2.32. The van der Waals surface area contributed by atoms with Crippen LogP contribution in [0.4, 0.5) is 5.69 Å². The number of aliphatic hydroxyl groups is 1. The molecule has 2 rings (SSSR count). The predicted octanol–water partition coefficient (Wildman–Crippen LogP) is 0.818. The highest BCUT2D eigenvalue weighted by atomic mass is 16.6. The van der Waals surface area contributed by atoms with E-state index in [1.165, 1.54) is 0 Å². The zero-order valence-corrected chi connectivity index (χ0v) is 7.28. The van der Waals surface area contributed by atoms with Crippen LogP contribution in [0.15, 0.2) is 18.2 Å². The molecule has 0 radical (unpaired) electrons. The van der Waals surface area contributed by atoms with E-state index in [9.17, 15) is 5.11 Å². The van der Waals surface area contributed by atoms with Crippen LogP contribution in [0.25, 0.3) is 0 Å². The number of hydrogen-bond acceptors (Lipinski definition) is 4. The molecule has 0 spiro atoms. The molecular weight excluding hydrogens is 170 g/mol. The fourth-order valence-corrected chi connectivity index (χ4v) is 1.26. The Morgan fingerprint density at radius 3 is 3.23 bits per heavy atom. The highest BCUT2D eigenvalue weighted by Crippen LogP contribution is 2.32. The second-order valence-electron chi connectivity index (χ2n) is 2.82. The summed E-state index contributed by atoms with van der Waals surface area (Å²) in [6, 6.07) is 5.44. The van der Waals surface area contributed by atoms with Gasteiger partial charge in [-0.1, -0.05) is 0 Å². The molecule has 0 amide bonds. The SMILES string of the molecule is COc1ccc2c(c1)OC(O)CN2. The Kier molecular flexibility index (Phi) is 1.98. The molecule has 1 unspecified atom stereocenters. The lowest BCUT2D eigenvalue weighted by Gasteiger charge is -2.23. The van der Waals surface area contributed by atoms with Crippen molar-refractivity contribution < 1.29 is 14.6 Å². The maximum absolute atomic E-state index is 9.19. The van der Waals surface area contributed by atoms with Crippen molar-refractivity contribution in [3.05, 3.63) is 18.2 Å². The predicted molar refractivity (Wildman–Crippen MR) is 48.1 cm³/mol. The van der Waals surface area contributed by atoms with E-state index in [2.05, 4.69) is 5.32 Å². The molecule has 0 aliphatic carbocycles. The maximum Gasteiger partial charge on any atom is 0.214 e. The van der Waals surface area contributed by atoms with E-state index in [4.69, 9.17) is 9.47 Å². The zero-order chi connectivity index (χ0) is 9.26. The van der Waals surface area contributed by atoms with E-state index in [-0.39, 0.29) is 0 Å². The fourth-order valence-electron chi connectivity index (χ4n) is 1.26. The molecule has 1 aromatic rings. The molecular formula is C9H11NO3. The molecule has 4 heteroatoms. The van der Waals surface area contributed by atoms with E-state index in [1.807, 2.05) is 12.1 Å². The third kappa shape index (κ3) is 1.53. The number of rotatable bonds is 1. The molecule has 1 atom stereocenters. The summed E-state index contributed by atoms with van der Waals surface area (Å²) in [7, 11) is 1.59. The first-order chi connectivity index (χ1) is 6.29. The van der Waals surface area contributed by atoms with Crippen LogP contribution in [0.2, 0.25) is 0 Å². The molecule has 0 saturated heterocycles. The lowest BCUT2D eigenvalue weighted by molar-refractivity contribution is -0.00992. The van der Waals surface area contributed by atoms with Gasteiger partial charge in [-0.2, -0.15) is 0 Å². The van der Waals surface area contributed by atoms with Gasteiger partial charge in [-0.3, -0.25) is 0 Å². The largest absolute Gasteiger partial charge is 0.497 e. The van der Waals surface area contributed by atoms with E-state index < -0.39 is 6.29 Å². The molecule has 0 aromatic heterocycles. The van der Waals surface area contributed by atoms with Gasteiger partial charge in [-0.25, -0.2) is 0 Å². The molecule has 2 N–H and O–H groups in total. The highest BCUT2D eigenvalue weighted by Gasteiger charge is 2.16. The first kappa shape index (κ1) is 8.19. The summed E-state index contributed by atoms with van der Waals surface area (Å²) in [6.45, 7) is 0.416. The summed E-state index contributed by atoms with van der Waals surface area (Å²) in [5.41, 5.74) is 0.881. The smallest absolute Gasteiger partial charge is 0.214 e. The number of aliphatic hydroxyl groups excluding tert-OH is 1. The summed E-state index contributed by atoms with van der Waals surface area (Å²) in [5, 5.41) is 12.2. The molecule has 1 heterocycles. The molecule has 1 aliphatic rings. The standard InChI is InChI=1S/C9H11NO3/c1-12-6-2-3-7-8(4-6)13-9(11)5-10-7/h2-4,9-11H,5H2,1H3. The highest BCUT2D eigenvalue weighted by molar-refractivity contribution is 5.60. The van der Waals surface area contributed by atoms with Crippen LogP contribution in [-0.4, -0.2) is 25.1 Å². The Hall–Kier alpha value is -1.42. The minimum Gasteiger partial charge on any atom is -0.497 e. The van der Waals surface area contributed by atoms with Gasteiger partial charge in [0.25, 0.3) is 0 Å². The van der Waals surface area contributed by atoms with Gasteiger partial charge >= 0.3 is 0 Å². The van der Waals surface area contributed by atoms with Crippen LogP contribution in [0.3, 0.4) is 0 Å². The van der Waals surface area contributed by atoms with Crippen LogP contribution in [0.5, 0.6) is 11.5 Å². The van der Waals surface area contributed by atoms with Gasteiger partial charge in [0.05, 0.1) is 19.3 Å². The van der Waals surface area contributed by atoms with Gasteiger partial charge in [-0.05, 0) is 12.1 Å². The third-order valence-electron chi connectivity index (χ3n) is 1.92. The molecule has 0 saturated carbocycles. The number of ether oxygens (including phenoxy) is 2. The van der Waals surface area contributed by atoms with Crippen LogP contribution in [0, 0.1) is 0 Å². The topological polar surface area (TPSA) is 50.7 Å². The van der Waals surface area contributed by atoms with Crippen molar-refractivity contribution in [1.29, 1.82) is 0 Å². The molecule has 13 heavy (non-hydrogen) atoms. The Labute approximate surface area is 76.1 Å². The van der Waals surface area contributed by atoms with E-state index in [1.54, 1.807) is 13.2 Å². The molecule has 0 fully saturated rings. The summed E-state index contributed by atoms with van der Waals surface area (Å²) in [4.78, 5) is 0. The van der Waals surface area contributed by atoms with Gasteiger partial charge in [-0.15, -0.1) is 0 Å². The van der Waals surface area contributed by atoms with Crippen molar-refractivity contribution in [3.63, 3.8) is 0 Å². The lowest BCUT2D eigenvalue weighted by Crippen LogP contribution is -2.30.